The van der Waals surface area contributed by atoms with E-state index >= 15 is 0 Å². The normalized spacial score (nSPS) is 12.0. The molecule has 0 aliphatic rings. The van der Waals surface area contributed by atoms with E-state index in [1.54, 1.807) is 36.4 Å². The summed E-state index contributed by atoms with van der Waals surface area (Å²) >= 11 is 5.02. The van der Waals surface area contributed by atoms with E-state index in [0.29, 0.717) is 5.69 Å². The number of nitrogens with zero attached hydrogens (tertiary/aromatic N) is 2. The molecule has 0 aromatic heterocycles. The van der Waals surface area contributed by atoms with Gasteiger partial charge in [0.25, 0.3) is 10.0 Å². The molecule has 0 radical (unpaired) electrons. The summed E-state index contributed by atoms with van der Waals surface area (Å²) in [6, 6.07) is 29.6. The fourth-order valence-electron chi connectivity index (χ4n) is 4.88. The maximum Gasteiger partial charge on any atom is 0.264 e. The molecule has 4 aromatic carbocycles. The number of anilines is 1. The van der Waals surface area contributed by atoms with E-state index < -0.39 is 28.5 Å². The predicted octanol–water partition coefficient (Wildman–Crippen LogP) is 6.84. The average Bonchev–Trinajstić information content (AvgIpc) is 3.02. The number of benzene rings is 4. The number of hydrogen-bond donors (Lipinski definition) is 1. The zero-order chi connectivity index (χ0) is 32.6. The van der Waals surface area contributed by atoms with E-state index in [0.717, 1.165) is 30.4 Å². The molecule has 0 heterocycles. The molecule has 0 fully saturated rings. The SMILES string of the molecule is CSc1ccc(S(=O)(=O)N(CC(=O)N(Cc2cccc(Br)c2)[C@@H](Cc2ccccc2)C(=O)NC(C)C)c2ccc(C)cc2)cc1. The quantitative estimate of drug-likeness (QED) is 0.154. The van der Waals surface area contributed by atoms with Gasteiger partial charge >= 0.3 is 0 Å². The number of carbonyl (C=O) groups is 2. The van der Waals surface area contributed by atoms with Crippen molar-refractivity contribution in [1.29, 1.82) is 0 Å². The van der Waals surface area contributed by atoms with Gasteiger partial charge in [-0.2, -0.15) is 0 Å². The van der Waals surface area contributed by atoms with Gasteiger partial charge in [-0.3, -0.25) is 13.9 Å². The van der Waals surface area contributed by atoms with Gasteiger partial charge in [0.1, 0.15) is 12.6 Å². The third-order valence-electron chi connectivity index (χ3n) is 7.19. The fraction of sp³-hybridized carbons (Fsp3) is 0.257. The number of amides is 2. The van der Waals surface area contributed by atoms with Crippen molar-refractivity contribution >= 4 is 55.2 Å². The van der Waals surface area contributed by atoms with Gasteiger partial charge in [0.15, 0.2) is 0 Å². The van der Waals surface area contributed by atoms with Crippen LogP contribution in [-0.4, -0.2) is 50.0 Å². The van der Waals surface area contributed by atoms with Crippen molar-refractivity contribution in [3.63, 3.8) is 0 Å². The summed E-state index contributed by atoms with van der Waals surface area (Å²) in [6.07, 6.45) is 2.18. The monoisotopic (exact) mass is 707 g/mol. The Balaban J connectivity index is 1.80. The van der Waals surface area contributed by atoms with Crippen LogP contribution in [0.5, 0.6) is 0 Å². The highest BCUT2D eigenvalue weighted by Gasteiger charge is 2.34. The number of sulfonamides is 1. The second-order valence-electron chi connectivity index (χ2n) is 11.0. The van der Waals surface area contributed by atoms with Crippen LogP contribution in [0.3, 0.4) is 0 Å². The zero-order valence-electron chi connectivity index (χ0n) is 25.8. The van der Waals surface area contributed by atoms with Crippen molar-refractivity contribution in [3.8, 4) is 0 Å². The number of halogens is 1. The summed E-state index contributed by atoms with van der Waals surface area (Å²) in [5.41, 5.74) is 2.99. The summed E-state index contributed by atoms with van der Waals surface area (Å²) in [7, 11) is -4.16. The molecule has 236 valence electrons. The highest BCUT2D eigenvalue weighted by Crippen LogP contribution is 2.27. The van der Waals surface area contributed by atoms with Crippen LogP contribution >= 0.6 is 27.7 Å². The number of thioether (sulfide) groups is 1. The summed E-state index contributed by atoms with van der Waals surface area (Å²) in [5.74, 6) is -0.811. The molecule has 0 unspecified atom stereocenters. The Hall–Kier alpha value is -3.60. The lowest BCUT2D eigenvalue weighted by Crippen LogP contribution is -2.54. The van der Waals surface area contributed by atoms with E-state index in [2.05, 4.69) is 21.2 Å². The Bertz CT molecular complexity index is 1700. The molecule has 0 saturated heterocycles. The lowest BCUT2D eigenvalue weighted by atomic mass is 10.0. The van der Waals surface area contributed by atoms with Gasteiger partial charge in [-0.05, 0) is 86.7 Å². The molecule has 1 N–H and O–H groups in total. The number of nitrogens with one attached hydrogen (secondary N) is 1. The molecule has 45 heavy (non-hydrogen) atoms. The molecule has 0 aliphatic carbocycles. The van der Waals surface area contributed by atoms with Crippen molar-refractivity contribution in [3.05, 3.63) is 124 Å². The fourth-order valence-corrected chi connectivity index (χ4v) is 7.15. The Labute approximate surface area is 279 Å². The molecule has 2 amide bonds. The highest BCUT2D eigenvalue weighted by atomic mass is 79.9. The second-order valence-corrected chi connectivity index (χ2v) is 14.7. The van der Waals surface area contributed by atoms with Gasteiger partial charge in [0.05, 0.1) is 10.6 Å². The Kier molecular flexibility index (Phi) is 11.9. The van der Waals surface area contributed by atoms with Gasteiger partial charge < -0.3 is 10.2 Å². The second kappa shape index (κ2) is 15.6. The van der Waals surface area contributed by atoms with Crippen molar-refractivity contribution < 1.29 is 18.0 Å². The van der Waals surface area contributed by atoms with Crippen molar-refractivity contribution in [2.24, 2.45) is 0 Å². The van der Waals surface area contributed by atoms with Crippen LogP contribution in [0.1, 0.15) is 30.5 Å². The van der Waals surface area contributed by atoms with Gasteiger partial charge in [-0.15, -0.1) is 11.8 Å². The number of rotatable bonds is 13. The first-order valence-electron chi connectivity index (χ1n) is 14.6. The summed E-state index contributed by atoms with van der Waals surface area (Å²) in [5, 5.41) is 2.98. The number of hydrogen-bond acceptors (Lipinski definition) is 5. The van der Waals surface area contributed by atoms with Crippen LogP contribution in [0.2, 0.25) is 0 Å². The summed E-state index contributed by atoms with van der Waals surface area (Å²) in [4.78, 5) is 30.8. The van der Waals surface area contributed by atoms with Gasteiger partial charge in [0.2, 0.25) is 11.8 Å². The van der Waals surface area contributed by atoms with Gasteiger partial charge in [-0.25, -0.2) is 8.42 Å². The molecule has 0 spiro atoms. The molecular formula is C35H38BrN3O4S2. The third-order valence-corrected chi connectivity index (χ3v) is 10.2. The lowest BCUT2D eigenvalue weighted by Gasteiger charge is -2.34. The molecule has 1 atom stereocenters. The highest BCUT2D eigenvalue weighted by molar-refractivity contribution is 9.10. The molecule has 0 bridgehead atoms. The number of aryl methyl sites for hydroxylation is 1. The first-order valence-corrected chi connectivity index (χ1v) is 18.1. The minimum absolute atomic E-state index is 0.0746. The van der Waals surface area contributed by atoms with Gasteiger partial charge in [-0.1, -0.05) is 76.1 Å². The van der Waals surface area contributed by atoms with E-state index in [1.165, 1.54) is 16.7 Å². The average molecular weight is 709 g/mol. The van der Waals surface area contributed by atoms with E-state index in [9.17, 15) is 18.0 Å². The first-order chi connectivity index (χ1) is 21.5. The van der Waals surface area contributed by atoms with Crippen LogP contribution in [0.15, 0.2) is 117 Å². The topological polar surface area (TPSA) is 86.8 Å². The maximum atomic E-state index is 14.5. The summed E-state index contributed by atoms with van der Waals surface area (Å²) < 4.78 is 30.3. The minimum Gasteiger partial charge on any atom is -0.352 e. The van der Waals surface area contributed by atoms with Crippen LogP contribution in [-0.2, 0) is 32.6 Å². The molecular weight excluding hydrogens is 670 g/mol. The Morgan fingerprint density at radius 2 is 1.51 bits per heavy atom. The Morgan fingerprint density at radius 3 is 2.11 bits per heavy atom. The van der Waals surface area contributed by atoms with Crippen molar-refractivity contribution in [2.75, 3.05) is 17.1 Å². The largest absolute Gasteiger partial charge is 0.352 e. The standard InChI is InChI=1S/C35H38BrN3O4S2/c1-25(2)37-35(41)33(22-27-9-6-5-7-10-27)38(23-28-11-8-12-29(36)21-28)34(40)24-39(30-15-13-26(3)14-16-30)45(42,43)32-19-17-31(44-4)18-20-32/h5-21,25,33H,22-24H2,1-4H3,(H,37,41)/t33-/m0/s1. The first kappa shape index (κ1) is 34.3. The Morgan fingerprint density at radius 1 is 0.867 bits per heavy atom. The minimum atomic E-state index is -4.16. The molecule has 0 aliphatic heterocycles. The predicted molar refractivity (Wildman–Crippen MR) is 186 cm³/mol. The molecule has 4 aromatic rings. The zero-order valence-corrected chi connectivity index (χ0v) is 29.0. The van der Waals surface area contributed by atoms with E-state index in [-0.39, 0.29) is 29.8 Å². The van der Waals surface area contributed by atoms with Crippen molar-refractivity contribution in [2.45, 2.75) is 55.6 Å². The summed E-state index contributed by atoms with van der Waals surface area (Å²) in [6.45, 7) is 5.25. The van der Waals surface area contributed by atoms with Gasteiger partial charge in [0, 0.05) is 28.4 Å². The van der Waals surface area contributed by atoms with E-state index in [1.807, 2.05) is 93.8 Å². The third kappa shape index (κ3) is 9.22. The molecule has 7 nitrogen and oxygen atoms in total. The van der Waals surface area contributed by atoms with Crippen LogP contribution in [0.4, 0.5) is 5.69 Å². The van der Waals surface area contributed by atoms with Crippen LogP contribution in [0.25, 0.3) is 0 Å². The smallest absolute Gasteiger partial charge is 0.264 e. The number of carbonyl (C=O) groups excluding carboxylic acids is 2. The molecule has 10 heteroatoms. The maximum absolute atomic E-state index is 14.5. The van der Waals surface area contributed by atoms with Crippen molar-refractivity contribution in [1.82, 2.24) is 10.2 Å². The molecule has 0 saturated carbocycles. The molecule has 4 rings (SSSR count). The lowest BCUT2D eigenvalue weighted by molar-refractivity contribution is -0.140. The van der Waals surface area contributed by atoms with E-state index in [4.69, 9.17) is 0 Å². The van der Waals surface area contributed by atoms with Crippen LogP contribution < -0.4 is 9.62 Å². The van der Waals surface area contributed by atoms with Crippen LogP contribution in [0, 0.1) is 6.92 Å².